The molecule has 0 spiro atoms. The van der Waals surface area contributed by atoms with Crippen LogP contribution in [0.4, 0.5) is 16.2 Å². The molecule has 0 aliphatic heterocycles. The third-order valence-corrected chi connectivity index (χ3v) is 7.68. The molecule has 0 radical (unpaired) electrons. The summed E-state index contributed by atoms with van der Waals surface area (Å²) in [6, 6.07) is 10.6. The lowest BCUT2D eigenvalue weighted by Crippen LogP contribution is -2.34. The van der Waals surface area contributed by atoms with E-state index in [1.54, 1.807) is 32.0 Å². The van der Waals surface area contributed by atoms with Crippen molar-refractivity contribution >= 4 is 49.7 Å². The number of carbonyl (C=O) groups is 1. The van der Waals surface area contributed by atoms with Crippen LogP contribution in [0.1, 0.15) is 17.6 Å². The predicted octanol–water partition coefficient (Wildman–Crippen LogP) is 3.40. The van der Waals surface area contributed by atoms with E-state index in [1.807, 2.05) is 23.8 Å². The summed E-state index contributed by atoms with van der Waals surface area (Å²) >= 11 is 1.06. The number of nitrogens with zero attached hydrogens (tertiary/aromatic N) is 3. The zero-order chi connectivity index (χ0) is 24.5. The molecule has 0 fully saturated rings. The van der Waals surface area contributed by atoms with Crippen molar-refractivity contribution in [2.45, 2.75) is 25.0 Å². The first-order valence-corrected chi connectivity index (χ1v) is 12.6. The first kappa shape index (κ1) is 23.4. The lowest BCUT2D eigenvalue weighted by atomic mass is 10.2. The van der Waals surface area contributed by atoms with E-state index in [-0.39, 0.29) is 15.5 Å². The van der Waals surface area contributed by atoms with Gasteiger partial charge in [0.1, 0.15) is 15.9 Å². The van der Waals surface area contributed by atoms with Gasteiger partial charge in [-0.1, -0.05) is 0 Å². The van der Waals surface area contributed by atoms with E-state index in [1.165, 1.54) is 22.9 Å². The number of pyridine rings is 1. The number of amides is 2. The second-order valence-electron chi connectivity index (χ2n) is 7.39. The Hall–Kier alpha value is -3.77. The number of hydrogen-bond donors (Lipinski definition) is 3. The van der Waals surface area contributed by atoms with E-state index in [2.05, 4.69) is 20.6 Å². The van der Waals surface area contributed by atoms with Crippen LogP contribution in [0, 0.1) is 13.8 Å². The summed E-state index contributed by atoms with van der Waals surface area (Å²) in [5, 5.41) is 6.08. The van der Waals surface area contributed by atoms with Crippen molar-refractivity contribution in [3.05, 3.63) is 69.7 Å². The number of anilines is 2. The van der Waals surface area contributed by atoms with Gasteiger partial charge >= 0.3 is 6.03 Å². The molecule has 0 atom stereocenters. The van der Waals surface area contributed by atoms with E-state index < -0.39 is 16.1 Å². The Kier molecular flexibility index (Phi) is 6.35. The SMILES string of the molecule is CCNc1ccc2c(=O)n(-c3ccc(NC(=O)NS(=O)(=O)c4ccc(C)s4)cn3)c(C)nc2c1. The number of urea groups is 1. The third kappa shape index (κ3) is 4.77. The molecule has 3 N–H and O–H groups in total. The van der Waals surface area contributed by atoms with Crippen LogP contribution in [0.2, 0.25) is 0 Å². The van der Waals surface area contributed by atoms with Crippen LogP contribution in [0.3, 0.4) is 0 Å². The molecule has 3 heterocycles. The molecule has 34 heavy (non-hydrogen) atoms. The van der Waals surface area contributed by atoms with E-state index in [4.69, 9.17) is 0 Å². The Morgan fingerprint density at radius 2 is 1.85 bits per heavy atom. The maximum Gasteiger partial charge on any atom is 0.333 e. The van der Waals surface area contributed by atoms with Gasteiger partial charge in [-0.2, -0.15) is 0 Å². The molecule has 176 valence electrons. The highest BCUT2D eigenvalue weighted by atomic mass is 32.2. The van der Waals surface area contributed by atoms with Crippen LogP contribution in [0.5, 0.6) is 0 Å². The number of carbonyl (C=O) groups excluding carboxylic acids is 1. The van der Waals surface area contributed by atoms with Gasteiger partial charge in [0.05, 0.1) is 22.8 Å². The Morgan fingerprint density at radius 3 is 2.50 bits per heavy atom. The maximum absolute atomic E-state index is 13.1. The standard InChI is InChI=1S/C22H22N6O4S2/c1-4-23-15-6-8-17-18(11-15)25-14(3)28(21(17)29)19-9-7-16(12-24-19)26-22(30)27-34(31,32)20-10-5-13(2)33-20/h5-12,23H,4H2,1-3H3,(H2,26,27,30). The number of fused-ring (bicyclic) bond motifs is 1. The van der Waals surface area contributed by atoms with Crippen LogP contribution in [-0.2, 0) is 10.0 Å². The van der Waals surface area contributed by atoms with E-state index in [9.17, 15) is 18.0 Å². The highest BCUT2D eigenvalue weighted by molar-refractivity contribution is 7.92. The van der Waals surface area contributed by atoms with Gasteiger partial charge in [0, 0.05) is 17.1 Å². The Balaban J connectivity index is 1.55. The quantitative estimate of drug-likeness (QED) is 0.371. The third-order valence-electron chi connectivity index (χ3n) is 4.86. The summed E-state index contributed by atoms with van der Waals surface area (Å²) in [5.41, 5.74) is 1.44. The number of benzene rings is 1. The summed E-state index contributed by atoms with van der Waals surface area (Å²) in [6.07, 6.45) is 1.33. The minimum Gasteiger partial charge on any atom is -0.385 e. The minimum atomic E-state index is -3.97. The van der Waals surface area contributed by atoms with Gasteiger partial charge in [0.15, 0.2) is 0 Å². The number of nitrogens with one attached hydrogen (secondary N) is 3. The molecule has 0 aliphatic carbocycles. The number of hydrogen-bond acceptors (Lipinski definition) is 8. The molecule has 0 saturated heterocycles. The molecule has 0 unspecified atom stereocenters. The van der Waals surface area contributed by atoms with Crippen molar-refractivity contribution in [1.29, 1.82) is 0 Å². The predicted molar refractivity (Wildman–Crippen MR) is 132 cm³/mol. The van der Waals surface area contributed by atoms with E-state index >= 15 is 0 Å². The average Bonchev–Trinajstić information content (AvgIpc) is 3.22. The van der Waals surface area contributed by atoms with E-state index in [0.717, 1.165) is 28.4 Å². The van der Waals surface area contributed by atoms with Crippen molar-refractivity contribution in [3.63, 3.8) is 0 Å². The molecule has 1 aromatic carbocycles. The summed E-state index contributed by atoms with van der Waals surface area (Å²) in [4.78, 5) is 34.9. The molecule has 2 amide bonds. The van der Waals surface area contributed by atoms with Crippen molar-refractivity contribution in [1.82, 2.24) is 19.3 Å². The van der Waals surface area contributed by atoms with Crippen molar-refractivity contribution in [3.8, 4) is 5.82 Å². The van der Waals surface area contributed by atoms with Crippen molar-refractivity contribution in [2.75, 3.05) is 17.2 Å². The van der Waals surface area contributed by atoms with Crippen LogP contribution >= 0.6 is 11.3 Å². The van der Waals surface area contributed by atoms with Crippen LogP contribution in [0.25, 0.3) is 16.7 Å². The van der Waals surface area contributed by atoms with Crippen LogP contribution in [-0.4, -0.2) is 35.5 Å². The molecular formula is C22H22N6O4S2. The van der Waals surface area contributed by atoms with E-state index in [0.29, 0.717) is 22.5 Å². The topological polar surface area (TPSA) is 135 Å². The van der Waals surface area contributed by atoms with Gasteiger partial charge in [0.2, 0.25) is 0 Å². The van der Waals surface area contributed by atoms with Gasteiger partial charge in [-0.15, -0.1) is 11.3 Å². The fourth-order valence-electron chi connectivity index (χ4n) is 3.36. The molecule has 12 heteroatoms. The van der Waals surface area contributed by atoms with Gasteiger partial charge in [-0.25, -0.2) is 32.5 Å². The van der Waals surface area contributed by atoms with Gasteiger partial charge in [-0.3, -0.25) is 4.79 Å². The Labute approximate surface area is 199 Å². The number of rotatable bonds is 6. The summed E-state index contributed by atoms with van der Waals surface area (Å²) < 4.78 is 28.0. The van der Waals surface area contributed by atoms with Gasteiger partial charge < -0.3 is 10.6 Å². The average molecular weight is 499 g/mol. The Bertz CT molecular complexity index is 1540. The molecule has 0 saturated carbocycles. The number of sulfonamides is 1. The number of aromatic nitrogens is 3. The second kappa shape index (κ2) is 9.23. The smallest absolute Gasteiger partial charge is 0.333 e. The molecule has 0 aliphatic rings. The van der Waals surface area contributed by atoms with Crippen molar-refractivity contribution < 1.29 is 13.2 Å². The molecule has 0 bridgehead atoms. The molecule has 4 rings (SSSR count). The summed E-state index contributed by atoms with van der Waals surface area (Å²) in [5.74, 6) is 0.773. The maximum atomic E-state index is 13.1. The van der Waals surface area contributed by atoms with Gasteiger partial charge in [-0.05, 0) is 63.2 Å². The largest absolute Gasteiger partial charge is 0.385 e. The summed E-state index contributed by atoms with van der Waals surface area (Å²) in [6.45, 7) is 6.22. The molecular weight excluding hydrogens is 476 g/mol. The molecule has 4 aromatic rings. The zero-order valence-electron chi connectivity index (χ0n) is 18.6. The Morgan fingerprint density at radius 1 is 1.09 bits per heavy atom. The molecule has 3 aromatic heterocycles. The number of aryl methyl sites for hydroxylation is 2. The monoisotopic (exact) mass is 498 g/mol. The first-order chi connectivity index (χ1) is 16.2. The van der Waals surface area contributed by atoms with Crippen LogP contribution in [0.15, 0.2) is 57.7 Å². The zero-order valence-corrected chi connectivity index (χ0v) is 20.3. The van der Waals surface area contributed by atoms with Crippen LogP contribution < -0.4 is 20.9 Å². The lowest BCUT2D eigenvalue weighted by molar-refractivity contribution is 0.256. The van der Waals surface area contributed by atoms with Gasteiger partial charge in [0.25, 0.3) is 15.6 Å². The fraction of sp³-hybridized carbons (Fsp3) is 0.182. The second-order valence-corrected chi connectivity index (χ2v) is 10.6. The first-order valence-electron chi connectivity index (χ1n) is 10.3. The highest BCUT2D eigenvalue weighted by Gasteiger charge is 2.19. The molecule has 10 nitrogen and oxygen atoms in total. The lowest BCUT2D eigenvalue weighted by Gasteiger charge is -2.12. The summed E-state index contributed by atoms with van der Waals surface area (Å²) in [7, 11) is -3.97. The highest BCUT2D eigenvalue weighted by Crippen LogP contribution is 2.21. The minimum absolute atomic E-state index is 0.0462. The number of thiophene rings is 1. The fourth-order valence-corrected chi connectivity index (χ4v) is 5.55. The normalized spacial score (nSPS) is 11.4. The van der Waals surface area contributed by atoms with Crippen molar-refractivity contribution in [2.24, 2.45) is 0 Å².